The summed E-state index contributed by atoms with van der Waals surface area (Å²) in [5.41, 5.74) is 4.52. The van der Waals surface area contributed by atoms with E-state index in [9.17, 15) is 9.90 Å². The molecule has 0 bridgehead atoms. The summed E-state index contributed by atoms with van der Waals surface area (Å²) >= 11 is 0. The second kappa shape index (κ2) is 5.88. The average Bonchev–Trinajstić information content (AvgIpc) is 2.38. The van der Waals surface area contributed by atoms with Crippen molar-refractivity contribution in [3.05, 3.63) is 59.2 Å². The summed E-state index contributed by atoms with van der Waals surface area (Å²) in [5.74, 6) is -0.890. The third-order valence-electron chi connectivity index (χ3n) is 3.12. The van der Waals surface area contributed by atoms with Gasteiger partial charge in [-0.15, -0.1) is 0 Å². The minimum absolute atomic E-state index is 0.333. The van der Waals surface area contributed by atoms with Crippen LogP contribution in [-0.2, 0) is 6.54 Å². The quantitative estimate of drug-likeness (QED) is 0.924. The SMILES string of the molecule is Cc1ccc(-c2cc(CN(C)C)cc(C(=O)O)c2)cc1. The van der Waals surface area contributed by atoms with Gasteiger partial charge in [0, 0.05) is 6.54 Å². The molecule has 0 spiro atoms. The maximum absolute atomic E-state index is 11.3. The molecule has 3 nitrogen and oxygen atoms in total. The number of aromatic carboxylic acids is 1. The average molecular weight is 269 g/mol. The van der Waals surface area contributed by atoms with Crippen molar-refractivity contribution in [3.8, 4) is 11.1 Å². The first-order valence-corrected chi connectivity index (χ1v) is 6.55. The van der Waals surface area contributed by atoms with Crippen molar-refractivity contribution >= 4 is 5.97 Å². The first kappa shape index (κ1) is 14.3. The van der Waals surface area contributed by atoms with Crippen LogP contribution in [0, 0.1) is 6.92 Å². The molecule has 2 aromatic carbocycles. The fraction of sp³-hybridized carbons (Fsp3) is 0.235. The Hall–Kier alpha value is -2.13. The topological polar surface area (TPSA) is 40.5 Å². The number of carbonyl (C=O) groups is 1. The van der Waals surface area contributed by atoms with Crippen molar-refractivity contribution in [1.82, 2.24) is 4.90 Å². The largest absolute Gasteiger partial charge is 0.478 e. The zero-order valence-electron chi connectivity index (χ0n) is 12.1. The lowest BCUT2D eigenvalue weighted by Crippen LogP contribution is -2.11. The van der Waals surface area contributed by atoms with Crippen LogP contribution in [0.5, 0.6) is 0 Å². The van der Waals surface area contributed by atoms with E-state index in [0.29, 0.717) is 5.56 Å². The first-order valence-electron chi connectivity index (χ1n) is 6.55. The molecule has 104 valence electrons. The van der Waals surface area contributed by atoms with E-state index in [1.807, 2.05) is 50.2 Å². The lowest BCUT2D eigenvalue weighted by Gasteiger charge is -2.12. The Bertz CT molecular complexity index is 615. The molecule has 0 aromatic heterocycles. The van der Waals surface area contributed by atoms with Gasteiger partial charge in [0.1, 0.15) is 0 Å². The Morgan fingerprint density at radius 2 is 1.70 bits per heavy atom. The molecule has 0 atom stereocenters. The Balaban J connectivity index is 2.48. The summed E-state index contributed by atoms with van der Waals surface area (Å²) in [6.45, 7) is 2.76. The number of hydrogen-bond acceptors (Lipinski definition) is 2. The molecule has 0 aliphatic carbocycles. The molecule has 0 radical (unpaired) electrons. The number of nitrogens with zero attached hydrogens (tertiary/aromatic N) is 1. The van der Waals surface area contributed by atoms with Crippen LogP contribution in [0.25, 0.3) is 11.1 Å². The van der Waals surface area contributed by atoms with Gasteiger partial charge in [0.25, 0.3) is 0 Å². The number of aryl methyl sites for hydroxylation is 1. The minimum Gasteiger partial charge on any atom is -0.478 e. The van der Waals surface area contributed by atoms with Gasteiger partial charge in [-0.2, -0.15) is 0 Å². The van der Waals surface area contributed by atoms with Gasteiger partial charge in [0.05, 0.1) is 5.56 Å². The van der Waals surface area contributed by atoms with Crippen LogP contribution in [0.1, 0.15) is 21.5 Å². The molecule has 0 saturated carbocycles. The van der Waals surface area contributed by atoms with Crippen LogP contribution < -0.4 is 0 Å². The summed E-state index contributed by atoms with van der Waals surface area (Å²) in [7, 11) is 3.94. The van der Waals surface area contributed by atoms with E-state index >= 15 is 0 Å². The van der Waals surface area contributed by atoms with Crippen LogP contribution in [0.2, 0.25) is 0 Å². The first-order chi connectivity index (χ1) is 9.45. The van der Waals surface area contributed by atoms with Gasteiger partial charge in [-0.25, -0.2) is 4.79 Å². The van der Waals surface area contributed by atoms with Crippen molar-refractivity contribution in [1.29, 1.82) is 0 Å². The molecule has 0 unspecified atom stereocenters. The normalized spacial score (nSPS) is 10.8. The summed E-state index contributed by atoms with van der Waals surface area (Å²) in [6, 6.07) is 13.6. The highest BCUT2D eigenvalue weighted by molar-refractivity contribution is 5.89. The summed E-state index contributed by atoms with van der Waals surface area (Å²) in [5, 5.41) is 9.25. The third-order valence-corrected chi connectivity index (χ3v) is 3.12. The number of carboxylic acid groups (broad SMARTS) is 1. The van der Waals surface area contributed by atoms with Crippen molar-refractivity contribution < 1.29 is 9.90 Å². The van der Waals surface area contributed by atoms with Gasteiger partial charge in [-0.05, 0) is 55.9 Å². The molecular weight excluding hydrogens is 250 g/mol. The lowest BCUT2D eigenvalue weighted by molar-refractivity contribution is 0.0696. The van der Waals surface area contributed by atoms with Gasteiger partial charge in [-0.3, -0.25) is 0 Å². The molecule has 0 aliphatic heterocycles. The van der Waals surface area contributed by atoms with E-state index in [1.54, 1.807) is 12.1 Å². The molecule has 1 N–H and O–H groups in total. The molecule has 2 aromatic rings. The van der Waals surface area contributed by atoms with E-state index in [2.05, 4.69) is 6.07 Å². The zero-order chi connectivity index (χ0) is 14.7. The van der Waals surface area contributed by atoms with Gasteiger partial charge < -0.3 is 10.0 Å². The van der Waals surface area contributed by atoms with Crippen molar-refractivity contribution in [3.63, 3.8) is 0 Å². The Morgan fingerprint density at radius 1 is 1.05 bits per heavy atom. The van der Waals surface area contributed by atoms with Crippen LogP contribution >= 0.6 is 0 Å². The smallest absolute Gasteiger partial charge is 0.335 e. The number of carboxylic acids is 1. The van der Waals surface area contributed by atoms with Gasteiger partial charge in [-0.1, -0.05) is 29.8 Å². The molecule has 0 heterocycles. The number of benzene rings is 2. The molecule has 0 fully saturated rings. The van der Waals surface area contributed by atoms with E-state index in [1.165, 1.54) is 5.56 Å². The van der Waals surface area contributed by atoms with Crippen LogP contribution in [0.3, 0.4) is 0 Å². The highest BCUT2D eigenvalue weighted by Gasteiger charge is 2.09. The minimum atomic E-state index is -0.890. The standard InChI is InChI=1S/C17H19NO2/c1-12-4-6-14(7-5-12)15-8-13(11-18(2)3)9-16(10-15)17(19)20/h4-10H,11H2,1-3H3,(H,19,20). The van der Waals surface area contributed by atoms with E-state index in [4.69, 9.17) is 0 Å². The summed E-state index contributed by atoms with van der Waals surface area (Å²) < 4.78 is 0. The van der Waals surface area contributed by atoms with E-state index < -0.39 is 5.97 Å². The molecule has 0 saturated heterocycles. The van der Waals surface area contributed by atoms with Crippen molar-refractivity contribution in [2.75, 3.05) is 14.1 Å². The van der Waals surface area contributed by atoms with Crippen LogP contribution in [-0.4, -0.2) is 30.1 Å². The maximum Gasteiger partial charge on any atom is 0.335 e. The van der Waals surface area contributed by atoms with Crippen molar-refractivity contribution in [2.24, 2.45) is 0 Å². The molecular formula is C17H19NO2. The summed E-state index contributed by atoms with van der Waals surface area (Å²) in [4.78, 5) is 13.3. The van der Waals surface area contributed by atoms with Crippen molar-refractivity contribution in [2.45, 2.75) is 13.5 Å². The second-order valence-electron chi connectivity index (χ2n) is 5.33. The zero-order valence-corrected chi connectivity index (χ0v) is 12.1. The third kappa shape index (κ3) is 3.45. The second-order valence-corrected chi connectivity index (χ2v) is 5.33. The van der Waals surface area contributed by atoms with Gasteiger partial charge in [0.2, 0.25) is 0 Å². The molecule has 0 amide bonds. The molecule has 0 aliphatic rings. The number of rotatable bonds is 4. The number of hydrogen-bond donors (Lipinski definition) is 1. The van der Waals surface area contributed by atoms with E-state index in [0.717, 1.165) is 23.2 Å². The monoisotopic (exact) mass is 269 g/mol. The van der Waals surface area contributed by atoms with Crippen LogP contribution in [0.15, 0.2) is 42.5 Å². The van der Waals surface area contributed by atoms with E-state index in [-0.39, 0.29) is 0 Å². The fourth-order valence-corrected chi connectivity index (χ4v) is 2.18. The van der Waals surface area contributed by atoms with Gasteiger partial charge in [0.15, 0.2) is 0 Å². The molecule has 3 heteroatoms. The highest BCUT2D eigenvalue weighted by Crippen LogP contribution is 2.23. The Morgan fingerprint density at radius 3 is 2.25 bits per heavy atom. The molecule has 2 rings (SSSR count). The highest BCUT2D eigenvalue weighted by atomic mass is 16.4. The predicted molar refractivity (Wildman–Crippen MR) is 81.0 cm³/mol. The Labute approximate surface area is 119 Å². The predicted octanol–water partition coefficient (Wildman–Crippen LogP) is 3.42. The summed E-state index contributed by atoms with van der Waals surface area (Å²) in [6.07, 6.45) is 0. The molecule has 20 heavy (non-hydrogen) atoms. The van der Waals surface area contributed by atoms with Gasteiger partial charge >= 0.3 is 5.97 Å². The fourth-order valence-electron chi connectivity index (χ4n) is 2.18. The Kier molecular flexibility index (Phi) is 4.20. The maximum atomic E-state index is 11.3. The van der Waals surface area contributed by atoms with Crippen LogP contribution in [0.4, 0.5) is 0 Å². The lowest BCUT2D eigenvalue weighted by atomic mass is 9.99.